The molecule has 0 aliphatic rings. The van der Waals surface area contributed by atoms with Crippen molar-refractivity contribution >= 4 is 5.91 Å². The van der Waals surface area contributed by atoms with Crippen LogP contribution in [0.2, 0.25) is 0 Å². The minimum atomic E-state index is -0.920. The fraction of sp³-hybridized carbons (Fsp3) is 0.353. The van der Waals surface area contributed by atoms with Crippen molar-refractivity contribution in [3.05, 3.63) is 56.4 Å². The number of aromatic nitrogens is 2. The Balaban J connectivity index is 1.79. The number of aliphatic hydroxyl groups is 1. The van der Waals surface area contributed by atoms with Crippen LogP contribution in [0.5, 0.6) is 11.5 Å². The van der Waals surface area contributed by atoms with Gasteiger partial charge in [0.15, 0.2) is 0 Å². The molecule has 26 heavy (non-hydrogen) atoms. The number of benzene rings is 1. The maximum absolute atomic E-state index is 11.9. The Kier molecular flexibility index (Phi) is 6.56. The van der Waals surface area contributed by atoms with E-state index in [-0.39, 0.29) is 25.1 Å². The van der Waals surface area contributed by atoms with Gasteiger partial charge in [-0.3, -0.25) is 14.6 Å². The molecule has 1 atom stereocenters. The van der Waals surface area contributed by atoms with Crippen molar-refractivity contribution in [3.8, 4) is 11.5 Å². The van der Waals surface area contributed by atoms with Gasteiger partial charge in [-0.15, -0.1) is 0 Å². The SMILES string of the molecule is COc1ccc(OCC(O)CNC(=O)Cc2c(C)[nH]c(=O)[nH]c2=O)cc1. The highest BCUT2D eigenvalue weighted by molar-refractivity contribution is 5.78. The first-order valence-electron chi connectivity index (χ1n) is 7.92. The van der Waals surface area contributed by atoms with E-state index in [4.69, 9.17) is 9.47 Å². The highest BCUT2D eigenvalue weighted by Gasteiger charge is 2.13. The van der Waals surface area contributed by atoms with E-state index in [0.29, 0.717) is 17.2 Å². The van der Waals surface area contributed by atoms with E-state index in [1.807, 2.05) is 0 Å². The molecule has 0 radical (unpaired) electrons. The van der Waals surface area contributed by atoms with Crippen LogP contribution >= 0.6 is 0 Å². The lowest BCUT2D eigenvalue weighted by Crippen LogP contribution is -2.37. The minimum absolute atomic E-state index is 0.00905. The summed E-state index contributed by atoms with van der Waals surface area (Å²) in [5, 5.41) is 12.4. The number of methoxy groups -OCH3 is 1. The average molecular weight is 363 g/mol. The van der Waals surface area contributed by atoms with Gasteiger partial charge in [0.25, 0.3) is 5.56 Å². The number of carbonyl (C=O) groups excluding carboxylic acids is 1. The fourth-order valence-electron chi connectivity index (χ4n) is 2.22. The first kappa shape index (κ1) is 19.3. The van der Waals surface area contributed by atoms with Crippen molar-refractivity contribution in [2.75, 3.05) is 20.3 Å². The Labute approximate surface area is 149 Å². The number of aryl methyl sites for hydroxylation is 1. The second-order valence-corrected chi connectivity index (χ2v) is 5.63. The number of H-pyrrole nitrogens is 2. The molecule has 0 aliphatic carbocycles. The van der Waals surface area contributed by atoms with Gasteiger partial charge in [0.2, 0.25) is 5.91 Å². The summed E-state index contributed by atoms with van der Waals surface area (Å²) in [6.45, 7) is 1.50. The summed E-state index contributed by atoms with van der Waals surface area (Å²) in [6.07, 6.45) is -1.12. The number of amides is 1. The Hall–Kier alpha value is -3.07. The molecule has 0 saturated carbocycles. The number of carbonyl (C=O) groups is 1. The molecule has 1 unspecified atom stereocenters. The summed E-state index contributed by atoms with van der Waals surface area (Å²) in [5.74, 6) is 0.804. The van der Waals surface area contributed by atoms with Gasteiger partial charge in [-0.1, -0.05) is 0 Å². The van der Waals surface area contributed by atoms with Gasteiger partial charge < -0.3 is 24.9 Å². The molecule has 0 aliphatic heterocycles. The number of aliphatic hydroxyl groups excluding tert-OH is 1. The topological polar surface area (TPSA) is 134 Å². The maximum atomic E-state index is 11.9. The summed E-state index contributed by atoms with van der Waals surface area (Å²) in [4.78, 5) is 39.3. The summed E-state index contributed by atoms with van der Waals surface area (Å²) in [6, 6.07) is 6.87. The molecule has 0 bridgehead atoms. The van der Waals surface area contributed by atoms with Crippen molar-refractivity contribution < 1.29 is 19.4 Å². The average Bonchev–Trinajstić information content (AvgIpc) is 2.61. The zero-order chi connectivity index (χ0) is 19.1. The van der Waals surface area contributed by atoms with E-state index in [0.717, 1.165) is 0 Å². The number of hydrogen-bond donors (Lipinski definition) is 4. The standard InChI is InChI=1S/C17H21N3O6/c1-10-14(16(23)20-17(24)19-10)7-15(22)18-8-11(21)9-26-13-5-3-12(25-2)4-6-13/h3-6,11,21H,7-9H2,1-2H3,(H,18,22)(H2,19,20,23,24). The van der Waals surface area contributed by atoms with Gasteiger partial charge in [0.05, 0.1) is 13.5 Å². The van der Waals surface area contributed by atoms with Crippen LogP contribution in [-0.4, -0.2) is 47.3 Å². The maximum Gasteiger partial charge on any atom is 0.325 e. The third-order valence-corrected chi connectivity index (χ3v) is 3.63. The fourth-order valence-corrected chi connectivity index (χ4v) is 2.22. The normalized spacial score (nSPS) is 11.7. The lowest BCUT2D eigenvalue weighted by atomic mass is 10.1. The summed E-state index contributed by atoms with van der Waals surface area (Å²) < 4.78 is 10.5. The highest BCUT2D eigenvalue weighted by atomic mass is 16.5. The van der Waals surface area contributed by atoms with Gasteiger partial charge in [0.1, 0.15) is 24.2 Å². The van der Waals surface area contributed by atoms with Gasteiger partial charge in [0, 0.05) is 17.8 Å². The molecular weight excluding hydrogens is 342 g/mol. The van der Waals surface area contributed by atoms with E-state index < -0.39 is 23.3 Å². The van der Waals surface area contributed by atoms with E-state index in [1.54, 1.807) is 31.4 Å². The zero-order valence-electron chi connectivity index (χ0n) is 14.5. The van der Waals surface area contributed by atoms with Crippen molar-refractivity contribution in [3.63, 3.8) is 0 Å². The second-order valence-electron chi connectivity index (χ2n) is 5.63. The molecule has 9 heteroatoms. The van der Waals surface area contributed by atoms with Crippen molar-refractivity contribution in [1.82, 2.24) is 15.3 Å². The number of aromatic amines is 2. The van der Waals surface area contributed by atoms with Crippen LogP contribution in [0, 0.1) is 6.92 Å². The van der Waals surface area contributed by atoms with Crippen LogP contribution < -0.4 is 26.0 Å². The summed E-state index contributed by atoms with van der Waals surface area (Å²) >= 11 is 0. The molecular formula is C17H21N3O6. The Morgan fingerprint density at radius 2 is 1.85 bits per heavy atom. The minimum Gasteiger partial charge on any atom is -0.497 e. The van der Waals surface area contributed by atoms with Crippen LogP contribution in [0.3, 0.4) is 0 Å². The predicted molar refractivity (Wildman–Crippen MR) is 93.6 cm³/mol. The van der Waals surface area contributed by atoms with Gasteiger partial charge in [-0.05, 0) is 31.2 Å². The van der Waals surface area contributed by atoms with Crippen molar-refractivity contribution in [2.24, 2.45) is 0 Å². The first-order valence-corrected chi connectivity index (χ1v) is 7.92. The zero-order valence-corrected chi connectivity index (χ0v) is 14.5. The Morgan fingerprint density at radius 3 is 2.46 bits per heavy atom. The van der Waals surface area contributed by atoms with E-state index >= 15 is 0 Å². The third kappa shape index (κ3) is 5.49. The molecule has 0 spiro atoms. The molecule has 2 rings (SSSR count). The lowest BCUT2D eigenvalue weighted by Gasteiger charge is -2.13. The van der Waals surface area contributed by atoms with Gasteiger partial charge >= 0.3 is 5.69 Å². The molecule has 0 saturated heterocycles. The first-order chi connectivity index (χ1) is 12.4. The van der Waals surface area contributed by atoms with Crippen LogP contribution in [0.15, 0.2) is 33.9 Å². The molecule has 9 nitrogen and oxygen atoms in total. The quantitative estimate of drug-likeness (QED) is 0.499. The van der Waals surface area contributed by atoms with Crippen LogP contribution in [0.4, 0.5) is 0 Å². The van der Waals surface area contributed by atoms with Crippen LogP contribution in [-0.2, 0) is 11.2 Å². The number of hydrogen-bond acceptors (Lipinski definition) is 6. The second kappa shape index (κ2) is 8.86. The third-order valence-electron chi connectivity index (χ3n) is 3.63. The molecule has 140 valence electrons. The van der Waals surface area contributed by atoms with Crippen LogP contribution in [0.1, 0.15) is 11.3 Å². The van der Waals surface area contributed by atoms with Crippen LogP contribution in [0.25, 0.3) is 0 Å². The molecule has 4 N–H and O–H groups in total. The number of ether oxygens (including phenoxy) is 2. The molecule has 2 aromatic rings. The predicted octanol–water partition coefficient (Wildman–Crippen LogP) is -0.521. The van der Waals surface area contributed by atoms with E-state index in [1.165, 1.54) is 6.92 Å². The van der Waals surface area contributed by atoms with Crippen molar-refractivity contribution in [1.29, 1.82) is 0 Å². The summed E-state index contributed by atoms with van der Waals surface area (Å²) in [7, 11) is 1.56. The Bertz CT molecular complexity index is 856. The van der Waals surface area contributed by atoms with E-state index in [9.17, 15) is 19.5 Å². The summed E-state index contributed by atoms with van der Waals surface area (Å²) in [5.41, 5.74) is -0.726. The number of nitrogens with one attached hydrogen (secondary N) is 3. The molecule has 0 fully saturated rings. The molecule has 1 heterocycles. The monoisotopic (exact) mass is 363 g/mol. The lowest BCUT2D eigenvalue weighted by molar-refractivity contribution is -0.121. The number of rotatable bonds is 8. The smallest absolute Gasteiger partial charge is 0.325 e. The van der Waals surface area contributed by atoms with Gasteiger partial charge in [-0.25, -0.2) is 4.79 Å². The van der Waals surface area contributed by atoms with E-state index in [2.05, 4.69) is 15.3 Å². The molecule has 1 amide bonds. The molecule has 1 aromatic heterocycles. The van der Waals surface area contributed by atoms with Gasteiger partial charge in [-0.2, -0.15) is 0 Å². The highest BCUT2D eigenvalue weighted by Crippen LogP contribution is 2.16. The largest absolute Gasteiger partial charge is 0.497 e. The Morgan fingerprint density at radius 1 is 1.19 bits per heavy atom. The molecule has 1 aromatic carbocycles. The van der Waals surface area contributed by atoms with Crippen molar-refractivity contribution in [2.45, 2.75) is 19.4 Å².